The first-order chi connectivity index (χ1) is 9.67. The zero-order valence-corrected chi connectivity index (χ0v) is 11.2. The minimum atomic E-state index is -0.438. The standard InChI is InChI=1S/C15H18FNO3/c16-12-1-3-13(4-2-12)17-14(18)11-5-7-15(8-6-11)19-9-10-20-15/h1-4,11H,5-10H2,(H,17,18). The molecule has 108 valence electrons. The van der Waals surface area contributed by atoms with Gasteiger partial charge in [0.15, 0.2) is 5.79 Å². The number of rotatable bonds is 2. The van der Waals surface area contributed by atoms with E-state index in [1.807, 2.05) is 0 Å². The molecule has 0 radical (unpaired) electrons. The Morgan fingerprint density at radius 3 is 2.35 bits per heavy atom. The fraction of sp³-hybridized carbons (Fsp3) is 0.533. The molecule has 1 heterocycles. The second-order valence-corrected chi connectivity index (χ2v) is 5.38. The summed E-state index contributed by atoms with van der Waals surface area (Å²) in [7, 11) is 0. The third-order valence-corrected chi connectivity index (χ3v) is 4.04. The lowest BCUT2D eigenvalue weighted by atomic mass is 9.84. The highest BCUT2D eigenvalue weighted by Gasteiger charge is 2.41. The van der Waals surface area contributed by atoms with Crippen LogP contribution in [0.3, 0.4) is 0 Å². The molecule has 5 heteroatoms. The van der Waals surface area contributed by atoms with Gasteiger partial charge in [-0.1, -0.05) is 0 Å². The molecular weight excluding hydrogens is 261 g/mol. The maximum Gasteiger partial charge on any atom is 0.227 e. The minimum absolute atomic E-state index is 0.00976. The van der Waals surface area contributed by atoms with Gasteiger partial charge in [0.2, 0.25) is 5.91 Å². The van der Waals surface area contributed by atoms with Crippen molar-refractivity contribution in [3.63, 3.8) is 0 Å². The van der Waals surface area contributed by atoms with Gasteiger partial charge in [0.25, 0.3) is 0 Å². The molecular formula is C15H18FNO3. The van der Waals surface area contributed by atoms with E-state index in [0.29, 0.717) is 18.9 Å². The average molecular weight is 279 g/mol. The Hall–Kier alpha value is -1.46. The van der Waals surface area contributed by atoms with Crippen LogP contribution in [0, 0.1) is 11.7 Å². The summed E-state index contributed by atoms with van der Waals surface area (Å²) in [4.78, 5) is 12.2. The van der Waals surface area contributed by atoms with Gasteiger partial charge in [-0.25, -0.2) is 4.39 Å². The van der Waals surface area contributed by atoms with E-state index in [-0.39, 0.29) is 17.6 Å². The van der Waals surface area contributed by atoms with E-state index in [1.165, 1.54) is 12.1 Å². The molecule has 0 bridgehead atoms. The van der Waals surface area contributed by atoms with Gasteiger partial charge in [-0.15, -0.1) is 0 Å². The number of carbonyl (C=O) groups excluding carboxylic acids is 1. The number of carbonyl (C=O) groups is 1. The molecule has 0 unspecified atom stereocenters. The van der Waals surface area contributed by atoms with E-state index in [4.69, 9.17) is 9.47 Å². The number of amides is 1. The predicted octanol–water partition coefficient (Wildman–Crippen LogP) is 2.70. The predicted molar refractivity (Wildman–Crippen MR) is 71.6 cm³/mol. The van der Waals surface area contributed by atoms with Gasteiger partial charge in [0, 0.05) is 24.4 Å². The van der Waals surface area contributed by atoms with Crippen LogP contribution in [0.25, 0.3) is 0 Å². The largest absolute Gasteiger partial charge is 0.348 e. The molecule has 0 aromatic heterocycles. The van der Waals surface area contributed by atoms with Crippen molar-refractivity contribution >= 4 is 11.6 Å². The Kier molecular flexibility index (Phi) is 3.72. The topological polar surface area (TPSA) is 47.6 Å². The number of nitrogens with one attached hydrogen (secondary N) is 1. The molecule has 20 heavy (non-hydrogen) atoms. The van der Waals surface area contributed by atoms with Crippen molar-refractivity contribution in [3.8, 4) is 0 Å². The van der Waals surface area contributed by atoms with Crippen LogP contribution in [0.5, 0.6) is 0 Å². The zero-order chi connectivity index (χ0) is 14.0. The van der Waals surface area contributed by atoms with E-state index < -0.39 is 5.79 Å². The van der Waals surface area contributed by atoms with Crippen LogP contribution >= 0.6 is 0 Å². The number of hydrogen-bond donors (Lipinski definition) is 1. The minimum Gasteiger partial charge on any atom is -0.348 e. The Balaban J connectivity index is 1.55. The molecule has 2 fully saturated rings. The summed E-state index contributed by atoms with van der Waals surface area (Å²) >= 11 is 0. The van der Waals surface area contributed by atoms with Crippen molar-refractivity contribution in [2.24, 2.45) is 5.92 Å². The second kappa shape index (κ2) is 5.50. The SMILES string of the molecule is O=C(Nc1ccc(F)cc1)C1CCC2(CC1)OCCO2. The molecule has 1 aliphatic carbocycles. The number of ether oxygens (including phenoxy) is 2. The smallest absolute Gasteiger partial charge is 0.227 e. The fourth-order valence-corrected chi connectivity index (χ4v) is 2.88. The quantitative estimate of drug-likeness (QED) is 0.905. The second-order valence-electron chi connectivity index (χ2n) is 5.38. The zero-order valence-electron chi connectivity index (χ0n) is 11.2. The van der Waals surface area contributed by atoms with E-state index in [1.54, 1.807) is 12.1 Å². The van der Waals surface area contributed by atoms with Crippen molar-refractivity contribution in [1.82, 2.24) is 0 Å². The van der Waals surface area contributed by atoms with Crippen molar-refractivity contribution in [1.29, 1.82) is 0 Å². The molecule has 1 N–H and O–H groups in total. The summed E-state index contributed by atoms with van der Waals surface area (Å²) in [5.74, 6) is -0.784. The van der Waals surface area contributed by atoms with Crippen molar-refractivity contribution in [2.75, 3.05) is 18.5 Å². The lowest BCUT2D eigenvalue weighted by Crippen LogP contribution is -2.38. The molecule has 0 atom stereocenters. The molecule has 1 amide bonds. The highest BCUT2D eigenvalue weighted by Crippen LogP contribution is 2.38. The first-order valence-corrected chi connectivity index (χ1v) is 7.01. The fourth-order valence-electron chi connectivity index (χ4n) is 2.88. The van der Waals surface area contributed by atoms with Crippen LogP contribution in [0.1, 0.15) is 25.7 Å². The van der Waals surface area contributed by atoms with E-state index in [2.05, 4.69) is 5.32 Å². The van der Waals surface area contributed by atoms with Crippen molar-refractivity contribution < 1.29 is 18.7 Å². The maximum absolute atomic E-state index is 12.8. The van der Waals surface area contributed by atoms with Crippen LogP contribution in [0.4, 0.5) is 10.1 Å². The van der Waals surface area contributed by atoms with Gasteiger partial charge in [-0.2, -0.15) is 0 Å². The highest BCUT2D eigenvalue weighted by atomic mass is 19.1. The summed E-state index contributed by atoms with van der Waals surface area (Å²) in [6, 6.07) is 5.82. The maximum atomic E-state index is 12.8. The normalized spacial score (nSPS) is 22.1. The third-order valence-electron chi connectivity index (χ3n) is 4.04. The summed E-state index contributed by atoms with van der Waals surface area (Å²) in [5.41, 5.74) is 0.630. The lowest BCUT2D eigenvalue weighted by Gasteiger charge is -2.34. The van der Waals surface area contributed by atoms with Crippen molar-refractivity contribution in [3.05, 3.63) is 30.1 Å². The Morgan fingerprint density at radius 2 is 1.75 bits per heavy atom. The van der Waals surface area contributed by atoms with E-state index >= 15 is 0 Å². The number of hydrogen-bond acceptors (Lipinski definition) is 3. The van der Waals surface area contributed by atoms with Gasteiger partial charge in [0.1, 0.15) is 5.82 Å². The first kappa shape index (κ1) is 13.5. The lowest BCUT2D eigenvalue weighted by molar-refractivity contribution is -0.182. The summed E-state index contributed by atoms with van der Waals surface area (Å²) in [5, 5.41) is 2.83. The average Bonchev–Trinajstić information content (AvgIpc) is 2.90. The molecule has 1 aromatic rings. The van der Waals surface area contributed by atoms with Gasteiger partial charge >= 0.3 is 0 Å². The highest BCUT2D eigenvalue weighted by molar-refractivity contribution is 5.92. The van der Waals surface area contributed by atoms with Gasteiger partial charge in [-0.3, -0.25) is 4.79 Å². The molecule has 4 nitrogen and oxygen atoms in total. The number of halogens is 1. The number of benzene rings is 1. The van der Waals surface area contributed by atoms with E-state index in [9.17, 15) is 9.18 Å². The Morgan fingerprint density at radius 1 is 1.15 bits per heavy atom. The monoisotopic (exact) mass is 279 g/mol. The summed E-state index contributed by atoms with van der Waals surface area (Å²) < 4.78 is 24.1. The third kappa shape index (κ3) is 2.83. The Labute approximate surface area is 117 Å². The summed E-state index contributed by atoms with van der Waals surface area (Å²) in [6.07, 6.45) is 3.03. The molecule has 2 aliphatic rings. The number of anilines is 1. The molecule has 1 spiro atoms. The van der Waals surface area contributed by atoms with Crippen LogP contribution in [-0.2, 0) is 14.3 Å². The van der Waals surface area contributed by atoms with Crippen molar-refractivity contribution in [2.45, 2.75) is 31.5 Å². The molecule has 1 aliphatic heterocycles. The van der Waals surface area contributed by atoms with Gasteiger partial charge in [0.05, 0.1) is 13.2 Å². The first-order valence-electron chi connectivity index (χ1n) is 7.01. The summed E-state index contributed by atoms with van der Waals surface area (Å²) in [6.45, 7) is 1.29. The van der Waals surface area contributed by atoms with Gasteiger partial charge in [-0.05, 0) is 37.1 Å². The Bertz CT molecular complexity index is 472. The van der Waals surface area contributed by atoms with E-state index in [0.717, 1.165) is 25.7 Å². The van der Waals surface area contributed by atoms with Gasteiger partial charge < -0.3 is 14.8 Å². The molecule has 1 aromatic carbocycles. The van der Waals surface area contributed by atoms with Crippen LogP contribution in [0.2, 0.25) is 0 Å². The van der Waals surface area contributed by atoms with Crippen LogP contribution in [0.15, 0.2) is 24.3 Å². The molecule has 1 saturated heterocycles. The van der Waals surface area contributed by atoms with Crippen LogP contribution < -0.4 is 5.32 Å². The van der Waals surface area contributed by atoms with Crippen LogP contribution in [-0.4, -0.2) is 24.9 Å². The molecule has 1 saturated carbocycles. The molecule has 3 rings (SSSR count).